The van der Waals surface area contributed by atoms with Gasteiger partial charge in [0.25, 0.3) is 5.91 Å². The van der Waals surface area contributed by atoms with Gasteiger partial charge < -0.3 is 20.1 Å². The molecule has 0 aliphatic carbocycles. The summed E-state index contributed by atoms with van der Waals surface area (Å²) in [7, 11) is 0. The number of hydrogen-bond acceptors (Lipinski definition) is 4. The third-order valence-corrected chi connectivity index (χ3v) is 5.12. The number of fused-ring (bicyclic) bond motifs is 1. The summed E-state index contributed by atoms with van der Waals surface area (Å²) in [5.74, 6) is 0.382. The molecule has 1 aliphatic rings. The summed E-state index contributed by atoms with van der Waals surface area (Å²) in [5, 5.41) is 14.2. The maximum atomic E-state index is 13.4. The standard InChI is InChI=1S/C24H24N2O3/c1-3-29-21-10-6-8-19(22(21)27)23-25-20-9-5-4-7-18(20)24(28)26(23)15-17-13-11-16(2)12-14-17/h4-14,23,25,27H,3,15H2,1-2H3. The molecule has 3 aromatic carbocycles. The van der Waals surface area contributed by atoms with Crippen molar-refractivity contribution in [2.45, 2.75) is 26.6 Å². The van der Waals surface area contributed by atoms with Crippen molar-refractivity contribution in [1.82, 2.24) is 4.90 Å². The molecule has 1 amide bonds. The van der Waals surface area contributed by atoms with E-state index in [0.29, 0.717) is 30.0 Å². The van der Waals surface area contributed by atoms with Gasteiger partial charge in [0.15, 0.2) is 11.5 Å². The highest BCUT2D eigenvalue weighted by Crippen LogP contribution is 2.40. The molecule has 1 atom stereocenters. The Kier molecular flexibility index (Phi) is 5.12. The number of carbonyl (C=O) groups is 1. The molecule has 0 spiro atoms. The molecule has 29 heavy (non-hydrogen) atoms. The van der Waals surface area contributed by atoms with Gasteiger partial charge in [0.05, 0.1) is 12.2 Å². The Morgan fingerprint density at radius 1 is 1.03 bits per heavy atom. The number of para-hydroxylation sites is 2. The molecule has 1 aliphatic heterocycles. The highest BCUT2D eigenvalue weighted by molar-refractivity contribution is 6.01. The van der Waals surface area contributed by atoms with E-state index in [1.807, 2.05) is 74.5 Å². The van der Waals surface area contributed by atoms with E-state index in [1.165, 1.54) is 5.56 Å². The number of anilines is 1. The maximum absolute atomic E-state index is 13.4. The van der Waals surface area contributed by atoms with Gasteiger partial charge in [-0.3, -0.25) is 4.79 Å². The molecular weight excluding hydrogens is 364 g/mol. The van der Waals surface area contributed by atoms with E-state index in [0.717, 1.165) is 11.3 Å². The van der Waals surface area contributed by atoms with E-state index in [2.05, 4.69) is 5.32 Å². The second-order valence-corrected chi connectivity index (χ2v) is 7.14. The largest absolute Gasteiger partial charge is 0.504 e. The van der Waals surface area contributed by atoms with Gasteiger partial charge in [-0.2, -0.15) is 0 Å². The van der Waals surface area contributed by atoms with Crippen LogP contribution in [0.15, 0.2) is 66.7 Å². The average Bonchev–Trinajstić information content (AvgIpc) is 2.73. The Morgan fingerprint density at radius 2 is 1.79 bits per heavy atom. The van der Waals surface area contributed by atoms with Crippen molar-refractivity contribution in [3.8, 4) is 11.5 Å². The molecule has 0 bridgehead atoms. The second-order valence-electron chi connectivity index (χ2n) is 7.14. The number of rotatable bonds is 5. The number of nitrogens with one attached hydrogen (secondary N) is 1. The number of hydrogen-bond donors (Lipinski definition) is 2. The number of phenolic OH excluding ortho intramolecular Hbond substituents is 1. The van der Waals surface area contributed by atoms with Crippen LogP contribution in [-0.4, -0.2) is 22.5 Å². The molecule has 2 N–H and O–H groups in total. The van der Waals surface area contributed by atoms with Crippen LogP contribution in [0.3, 0.4) is 0 Å². The molecule has 148 valence electrons. The first-order valence-corrected chi connectivity index (χ1v) is 9.75. The second kappa shape index (κ2) is 7.87. The molecule has 5 nitrogen and oxygen atoms in total. The van der Waals surface area contributed by atoms with Crippen LogP contribution in [0.4, 0.5) is 5.69 Å². The summed E-state index contributed by atoms with van der Waals surface area (Å²) in [6.07, 6.45) is -0.515. The lowest BCUT2D eigenvalue weighted by Crippen LogP contribution is -2.42. The quantitative estimate of drug-likeness (QED) is 0.655. The Balaban J connectivity index is 1.78. The van der Waals surface area contributed by atoms with E-state index in [-0.39, 0.29) is 11.7 Å². The van der Waals surface area contributed by atoms with Crippen molar-refractivity contribution in [2.75, 3.05) is 11.9 Å². The van der Waals surface area contributed by atoms with Gasteiger partial charge in [-0.05, 0) is 37.6 Å². The molecule has 0 saturated heterocycles. The summed E-state index contributed by atoms with van der Waals surface area (Å²) in [6, 6.07) is 20.9. The van der Waals surface area contributed by atoms with E-state index >= 15 is 0 Å². The number of phenols is 1. The minimum atomic E-state index is -0.515. The summed E-state index contributed by atoms with van der Waals surface area (Å²) in [6.45, 7) is 4.77. The Labute approximate surface area is 170 Å². The Hall–Kier alpha value is -3.47. The van der Waals surface area contributed by atoms with E-state index in [4.69, 9.17) is 4.74 Å². The summed E-state index contributed by atoms with van der Waals surface area (Å²) < 4.78 is 5.55. The van der Waals surface area contributed by atoms with Gasteiger partial charge in [-0.1, -0.05) is 54.1 Å². The third-order valence-electron chi connectivity index (χ3n) is 5.12. The smallest absolute Gasteiger partial charge is 0.258 e. The lowest BCUT2D eigenvalue weighted by molar-refractivity contribution is 0.0664. The lowest BCUT2D eigenvalue weighted by atomic mass is 10.0. The predicted molar refractivity (Wildman–Crippen MR) is 113 cm³/mol. The van der Waals surface area contributed by atoms with E-state index in [1.54, 1.807) is 11.0 Å². The molecule has 0 saturated carbocycles. The highest BCUT2D eigenvalue weighted by Gasteiger charge is 2.34. The zero-order valence-electron chi connectivity index (χ0n) is 16.6. The van der Waals surface area contributed by atoms with Crippen molar-refractivity contribution in [2.24, 2.45) is 0 Å². The van der Waals surface area contributed by atoms with Crippen molar-refractivity contribution in [3.05, 3.63) is 89.0 Å². The van der Waals surface area contributed by atoms with Crippen LogP contribution >= 0.6 is 0 Å². The molecule has 3 aromatic rings. The monoisotopic (exact) mass is 388 g/mol. The van der Waals surface area contributed by atoms with Gasteiger partial charge in [0.1, 0.15) is 6.17 Å². The number of aryl methyl sites for hydroxylation is 1. The summed E-state index contributed by atoms with van der Waals surface area (Å²) in [4.78, 5) is 15.1. The fourth-order valence-electron chi connectivity index (χ4n) is 3.62. The number of carbonyl (C=O) groups excluding carboxylic acids is 1. The highest BCUT2D eigenvalue weighted by atomic mass is 16.5. The molecule has 1 heterocycles. The Bertz CT molecular complexity index is 1030. The van der Waals surface area contributed by atoms with Crippen molar-refractivity contribution in [1.29, 1.82) is 0 Å². The normalized spacial score (nSPS) is 15.6. The first-order chi connectivity index (χ1) is 14.1. The molecule has 0 radical (unpaired) electrons. The van der Waals surface area contributed by atoms with Gasteiger partial charge in [0, 0.05) is 17.8 Å². The SMILES string of the molecule is CCOc1cccc(C2Nc3ccccc3C(=O)N2Cc2ccc(C)cc2)c1O. The van der Waals surface area contributed by atoms with Crippen LogP contribution in [0.2, 0.25) is 0 Å². The minimum Gasteiger partial charge on any atom is -0.504 e. The van der Waals surface area contributed by atoms with Crippen molar-refractivity contribution in [3.63, 3.8) is 0 Å². The zero-order valence-corrected chi connectivity index (χ0v) is 16.6. The average molecular weight is 388 g/mol. The zero-order chi connectivity index (χ0) is 20.4. The van der Waals surface area contributed by atoms with E-state index in [9.17, 15) is 9.90 Å². The van der Waals surface area contributed by atoms with Crippen LogP contribution in [0.5, 0.6) is 11.5 Å². The van der Waals surface area contributed by atoms with Crippen LogP contribution < -0.4 is 10.1 Å². The lowest BCUT2D eigenvalue weighted by Gasteiger charge is -2.38. The van der Waals surface area contributed by atoms with Gasteiger partial charge in [0.2, 0.25) is 0 Å². The molecule has 0 aromatic heterocycles. The number of aromatic hydroxyl groups is 1. The van der Waals surface area contributed by atoms with Gasteiger partial charge >= 0.3 is 0 Å². The fraction of sp³-hybridized carbons (Fsp3) is 0.208. The van der Waals surface area contributed by atoms with Gasteiger partial charge in [-0.25, -0.2) is 0 Å². The van der Waals surface area contributed by atoms with E-state index < -0.39 is 6.17 Å². The van der Waals surface area contributed by atoms with Crippen LogP contribution in [0.1, 0.15) is 40.1 Å². The third kappa shape index (κ3) is 3.63. The first kappa shape index (κ1) is 18.9. The summed E-state index contributed by atoms with van der Waals surface area (Å²) >= 11 is 0. The number of benzene rings is 3. The molecular formula is C24H24N2O3. The number of amides is 1. The van der Waals surface area contributed by atoms with Crippen LogP contribution in [0, 0.1) is 6.92 Å². The van der Waals surface area contributed by atoms with Crippen molar-refractivity contribution < 1.29 is 14.6 Å². The van der Waals surface area contributed by atoms with Crippen LogP contribution in [-0.2, 0) is 6.54 Å². The molecule has 5 heteroatoms. The number of ether oxygens (including phenoxy) is 1. The predicted octanol–water partition coefficient (Wildman–Crippen LogP) is 4.87. The minimum absolute atomic E-state index is 0.0490. The molecule has 1 unspecified atom stereocenters. The first-order valence-electron chi connectivity index (χ1n) is 9.75. The fourth-order valence-corrected chi connectivity index (χ4v) is 3.62. The summed E-state index contributed by atoms with van der Waals surface area (Å²) in [5.41, 5.74) is 4.17. The van der Waals surface area contributed by atoms with Crippen LogP contribution in [0.25, 0.3) is 0 Å². The topological polar surface area (TPSA) is 61.8 Å². The maximum Gasteiger partial charge on any atom is 0.258 e. The van der Waals surface area contributed by atoms with Crippen molar-refractivity contribution >= 4 is 11.6 Å². The molecule has 0 fully saturated rings. The number of nitrogens with zero attached hydrogens (tertiary/aromatic N) is 1. The Morgan fingerprint density at radius 3 is 2.55 bits per heavy atom. The van der Waals surface area contributed by atoms with Gasteiger partial charge in [-0.15, -0.1) is 0 Å². The molecule has 4 rings (SSSR count).